The Hall–Kier alpha value is -3.87. The second kappa shape index (κ2) is 8.00. The Balaban J connectivity index is 1.54. The highest BCUT2D eigenvalue weighted by Crippen LogP contribution is 2.36. The van der Waals surface area contributed by atoms with E-state index in [-0.39, 0.29) is 6.29 Å². The van der Waals surface area contributed by atoms with Gasteiger partial charge in [-0.15, -0.1) is 0 Å². The van der Waals surface area contributed by atoms with Crippen molar-refractivity contribution in [1.29, 1.82) is 0 Å². The van der Waals surface area contributed by atoms with Crippen molar-refractivity contribution in [3.05, 3.63) is 90.9 Å². The molecule has 3 aromatic heterocycles. The maximum Gasteiger partial charge on any atom is 0.184 e. The third-order valence-corrected chi connectivity index (χ3v) is 5.68. The van der Waals surface area contributed by atoms with Gasteiger partial charge in [-0.25, -0.2) is 4.98 Å². The molecule has 4 heterocycles. The topological polar surface area (TPSA) is 72.9 Å². The lowest BCUT2D eigenvalue weighted by Gasteiger charge is -2.14. The molecule has 1 aliphatic rings. The Bertz CT molecular complexity index is 1360. The van der Waals surface area contributed by atoms with Gasteiger partial charge in [-0.05, 0) is 17.7 Å². The van der Waals surface area contributed by atoms with E-state index in [2.05, 4.69) is 57.6 Å². The molecule has 1 aliphatic heterocycles. The van der Waals surface area contributed by atoms with Crippen molar-refractivity contribution >= 4 is 10.9 Å². The Kier molecular flexibility index (Phi) is 4.71. The van der Waals surface area contributed by atoms with Crippen molar-refractivity contribution in [2.24, 2.45) is 0 Å². The first kappa shape index (κ1) is 18.9. The molecule has 0 amide bonds. The van der Waals surface area contributed by atoms with Crippen molar-refractivity contribution in [3.8, 4) is 33.6 Å². The minimum atomic E-state index is -0.286. The lowest BCUT2D eigenvalue weighted by Crippen LogP contribution is -1.98. The minimum Gasteiger partial charge on any atom is -0.346 e. The molecule has 1 saturated heterocycles. The predicted molar refractivity (Wildman–Crippen MR) is 123 cm³/mol. The fraction of sp³-hybridized carbons (Fsp3) is 0.115. The van der Waals surface area contributed by atoms with Crippen LogP contribution in [0.25, 0.3) is 44.5 Å². The van der Waals surface area contributed by atoms with Crippen molar-refractivity contribution in [3.63, 3.8) is 0 Å². The largest absolute Gasteiger partial charge is 0.346 e. The van der Waals surface area contributed by atoms with E-state index in [1.54, 1.807) is 12.4 Å². The monoisotopic (exact) mass is 420 g/mol. The average molecular weight is 420 g/mol. The molecular formula is C26H20N4O2. The summed E-state index contributed by atoms with van der Waals surface area (Å²) in [4.78, 5) is 9.70. The molecule has 0 bridgehead atoms. The molecule has 0 radical (unpaired) electrons. The molecule has 0 aliphatic carbocycles. The molecule has 1 N–H and O–H groups in total. The maximum absolute atomic E-state index is 5.63. The van der Waals surface area contributed by atoms with E-state index in [0.29, 0.717) is 13.2 Å². The van der Waals surface area contributed by atoms with E-state index in [0.717, 1.165) is 50.1 Å². The summed E-state index contributed by atoms with van der Waals surface area (Å²) in [5, 5.41) is 7.95. The van der Waals surface area contributed by atoms with E-state index < -0.39 is 0 Å². The summed E-state index contributed by atoms with van der Waals surface area (Å²) in [7, 11) is 0. The summed E-state index contributed by atoms with van der Waals surface area (Å²) in [5.74, 6) is 0. The van der Waals surface area contributed by atoms with Gasteiger partial charge in [0.2, 0.25) is 0 Å². The molecule has 0 atom stereocenters. The first-order valence-electron chi connectivity index (χ1n) is 10.5. The number of aromatic amines is 1. The lowest BCUT2D eigenvalue weighted by atomic mass is 9.96. The molecule has 6 rings (SSSR count). The number of nitrogens with one attached hydrogen (secondary N) is 1. The Morgan fingerprint density at radius 1 is 0.812 bits per heavy atom. The van der Waals surface area contributed by atoms with Crippen molar-refractivity contribution in [2.75, 3.05) is 13.2 Å². The summed E-state index contributed by atoms with van der Waals surface area (Å²) in [5.41, 5.74) is 7.81. The molecule has 0 saturated carbocycles. The summed E-state index contributed by atoms with van der Waals surface area (Å²) in [6.45, 7) is 1.26. The number of benzene rings is 2. The number of pyridine rings is 2. The Labute approximate surface area is 184 Å². The summed E-state index contributed by atoms with van der Waals surface area (Å²) >= 11 is 0. The van der Waals surface area contributed by atoms with Crippen LogP contribution in [-0.2, 0) is 9.47 Å². The third-order valence-electron chi connectivity index (χ3n) is 5.68. The summed E-state index contributed by atoms with van der Waals surface area (Å²) in [6.07, 6.45) is 5.14. The van der Waals surface area contributed by atoms with Gasteiger partial charge in [0.15, 0.2) is 6.29 Å². The van der Waals surface area contributed by atoms with Crippen LogP contribution < -0.4 is 0 Å². The van der Waals surface area contributed by atoms with Gasteiger partial charge in [0.25, 0.3) is 0 Å². The van der Waals surface area contributed by atoms with Gasteiger partial charge in [-0.1, -0.05) is 54.6 Å². The van der Waals surface area contributed by atoms with E-state index >= 15 is 0 Å². The minimum absolute atomic E-state index is 0.286. The molecule has 5 aromatic rings. The Morgan fingerprint density at radius 3 is 2.38 bits per heavy atom. The van der Waals surface area contributed by atoms with Gasteiger partial charge >= 0.3 is 0 Å². The number of rotatable bonds is 4. The molecule has 156 valence electrons. The van der Waals surface area contributed by atoms with Crippen LogP contribution in [-0.4, -0.2) is 33.4 Å². The zero-order valence-electron chi connectivity index (χ0n) is 17.2. The van der Waals surface area contributed by atoms with Crippen LogP contribution in [0.2, 0.25) is 0 Å². The number of ether oxygens (including phenoxy) is 2. The normalized spacial score (nSPS) is 14.2. The number of nitrogens with zero attached hydrogens (tertiary/aromatic N) is 3. The number of hydrogen-bond acceptors (Lipinski definition) is 5. The maximum atomic E-state index is 5.63. The standard InChI is InChI=1S/C26H20N4O2/c1-2-4-17(5-3-1)21-14-22-23(10-11-27-24(22)20-15-28-29-16-20)30-25(21)18-6-8-19(9-7-18)26-31-12-13-32-26/h1-11,14-16,26H,12-13H2,(H,28,29). The summed E-state index contributed by atoms with van der Waals surface area (Å²) < 4.78 is 11.3. The molecule has 0 unspecified atom stereocenters. The van der Waals surface area contributed by atoms with Crippen LogP contribution in [0, 0.1) is 0 Å². The van der Waals surface area contributed by atoms with Crippen LogP contribution in [0.5, 0.6) is 0 Å². The fourth-order valence-electron chi connectivity index (χ4n) is 4.11. The summed E-state index contributed by atoms with van der Waals surface area (Å²) in [6, 6.07) is 22.7. The van der Waals surface area contributed by atoms with Gasteiger partial charge in [-0.2, -0.15) is 5.10 Å². The average Bonchev–Trinajstić information content (AvgIpc) is 3.58. The fourth-order valence-corrected chi connectivity index (χ4v) is 4.11. The smallest absolute Gasteiger partial charge is 0.184 e. The lowest BCUT2D eigenvalue weighted by molar-refractivity contribution is -0.0441. The molecule has 6 heteroatoms. The van der Waals surface area contributed by atoms with Gasteiger partial charge < -0.3 is 9.47 Å². The highest BCUT2D eigenvalue weighted by atomic mass is 16.7. The van der Waals surface area contributed by atoms with Crippen LogP contribution in [0.15, 0.2) is 85.3 Å². The van der Waals surface area contributed by atoms with E-state index in [1.165, 1.54) is 0 Å². The van der Waals surface area contributed by atoms with Crippen LogP contribution in [0.1, 0.15) is 11.9 Å². The van der Waals surface area contributed by atoms with Crippen LogP contribution in [0.3, 0.4) is 0 Å². The number of aromatic nitrogens is 4. The van der Waals surface area contributed by atoms with E-state index in [4.69, 9.17) is 14.5 Å². The zero-order valence-corrected chi connectivity index (χ0v) is 17.2. The van der Waals surface area contributed by atoms with Crippen molar-refractivity contribution in [2.45, 2.75) is 6.29 Å². The predicted octanol–water partition coefficient (Wildman–Crippen LogP) is 5.40. The second-order valence-corrected chi connectivity index (χ2v) is 7.66. The Morgan fingerprint density at radius 2 is 1.62 bits per heavy atom. The quantitative estimate of drug-likeness (QED) is 0.421. The highest BCUT2D eigenvalue weighted by Gasteiger charge is 2.19. The molecule has 1 fully saturated rings. The highest BCUT2D eigenvalue weighted by molar-refractivity contribution is 5.98. The van der Waals surface area contributed by atoms with Crippen molar-refractivity contribution in [1.82, 2.24) is 20.2 Å². The first-order valence-corrected chi connectivity index (χ1v) is 10.5. The van der Waals surface area contributed by atoms with Gasteiger partial charge in [0, 0.05) is 40.0 Å². The van der Waals surface area contributed by atoms with Gasteiger partial charge in [0.1, 0.15) is 0 Å². The van der Waals surface area contributed by atoms with Crippen molar-refractivity contribution < 1.29 is 9.47 Å². The van der Waals surface area contributed by atoms with E-state index in [1.807, 2.05) is 30.5 Å². The molecule has 32 heavy (non-hydrogen) atoms. The number of fused-ring (bicyclic) bond motifs is 1. The number of H-pyrrole nitrogens is 1. The SMILES string of the molecule is c1ccc(-c2cc3c(-c4cn[nH]c4)nccc3nc2-c2ccc(C3OCCO3)cc2)cc1. The molecule has 2 aromatic carbocycles. The molecular weight excluding hydrogens is 400 g/mol. The first-order chi connectivity index (χ1) is 15.9. The zero-order chi connectivity index (χ0) is 21.3. The third kappa shape index (κ3) is 3.36. The van der Waals surface area contributed by atoms with Crippen LogP contribution >= 0.6 is 0 Å². The van der Waals surface area contributed by atoms with Gasteiger partial charge in [-0.3, -0.25) is 10.1 Å². The second-order valence-electron chi connectivity index (χ2n) is 7.66. The van der Waals surface area contributed by atoms with Gasteiger partial charge in [0.05, 0.1) is 36.3 Å². The van der Waals surface area contributed by atoms with Crippen LogP contribution in [0.4, 0.5) is 0 Å². The molecule has 0 spiro atoms. The number of hydrogen-bond donors (Lipinski definition) is 1. The molecule has 6 nitrogen and oxygen atoms in total. The van der Waals surface area contributed by atoms with E-state index in [9.17, 15) is 0 Å².